The Balaban J connectivity index is 2.02. The Morgan fingerprint density at radius 2 is 1.79 bits per heavy atom. The van der Waals surface area contributed by atoms with Gasteiger partial charge in [0.1, 0.15) is 5.56 Å². The highest BCUT2D eigenvalue weighted by Crippen LogP contribution is 2.22. The summed E-state index contributed by atoms with van der Waals surface area (Å²) in [4.78, 5) is 17.5. The number of nitrogens with one attached hydrogen (secondary N) is 1. The third kappa shape index (κ3) is 2.77. The smallest absolute Gasteiger partial charge is 0.257 e. The number of amides is 1. The minimum atomic E-state index is -0.488. The summed E-state index contributed by atoms with van der Waals surface area (Å²) in [7, 11) is 0. The number of nitrogens with zero attached hydrogens (tertiary/aromatic N) is 3. The molecule has 0 aliphatic rings. The SMILES string of the molecule is Cc1cc(C)n2nc(C)c(C(=O)NC(C)(C)c3ccccc3)c2n1. The molecule has 2 heterocycles. The number of carbonyl (C=O) groups excluding carboxylic acids is 1. The van der Waals surface area contributed by atoms with E-state index in [4.69, 9.17) is 0 Å². The van der Waals surface area contributed by atoms with Crippen molar-refractivity contribution < 1.29 is 4.79 Å². The zero-order chi connectivity index (χ0) is 17.5. The van der Waals surface area contributed by atoms with Crippen LogP contribution in [0.5, 0.6) is 0 Å². The second-order valence-electron chi connectivity index (χ2n) is 6.68. The normalized spacial score (nSPS) is 11.7. The first-order chi connectivity index (χ1) is 11.3. The Morgan fingerprint density at radius 1 is 1.12 bits per heavy atom. The van der Waals surface area contributed by atoms with Gasteiger partial charge >= 0.3 is 0 Å². The molecule has 0 saturated heterocycles. The highest BCUT2D eigenvalue weighted by Gasteiger charge is 2.27. The number of aryl methyl sites for hydroxylation is 3. The van der Waals surface area contributed by atoms with Crippen molar-refractivity contribution in [2.75, 3.05) is 0 Å². The molecule has 0 spiro atoms. The average Bonchev–Trinajstić information content (AvgIpc) is 2.84. The maximum Gasteiger partial charge on any atom is 0.257 e. The molecule has 0 radical (unpaired) electrons. The van der Waals surface area contributed by atoms with Crippen molar-refractivity contribution in [3.8, 4) is 0 Å². The summed E-state index contributed by atoms with van der Waals surface area (Å²) in [6.45, 7) is 9.71. The standard InChI is InChI=1S/C19H22N4O/c1-12-11-13(2)23-17(20-12)16(14(3)22-23)18(24)21-19(4,5)15-9-7-6-8-10-15/h6-11H,1-5H3,(H,21,24). The first-order valence-electron chi connectivity index (χ1n) is 8.01. The van der Waals surface area contributed by atoms with Crippen LogP contribution in [0.15, 0.2) is 36.4 Å². The third-order valence-electron chi connectivity index (χ3n) is 4.22. The fraction of sp³-hybridized carbons (Fsp3) is 0.316. The molecule has 1 N–H and O–H groups in total. The third-order valence-corrected chi connectivity index (χ3v) is 4.22. The van der Waals surface area contributed by atoms with Crippen molar-refractivity contribution in [3.63, 3.8) is 0 Å². The Kier molecular flexibility index (Phi) is 3.87. The lowest BCUT2D eigenvalue weighted by atomic mass is 9.94. The van der Waals surface area contributed by atoms with Gasteiger partial charge in [-0.2, -0.15) is 5.10 Å². The molecule has 124 valence electrons. The lowest BCUT2D eigenvalue weighted by Gasteiger charge is -2.26. The maximum absolute atomic E-state index is 12.9. The van der Waals surface area contributed by atoms with Crippen LogP contribution in [0.25, 0.3) is 5.65 Å². The van der Waals surface area contributed by atoms with Gasteiger partial charge in [0.25, 0.3) is 5.91 Å². The van der Waals surface area contributed by atoms with Gasteiger partial charge < -0.3 is 5.32 Å². The van der Waals surface area contributed by atoms with Crippen LogP contribution in [0.1, 0.15) is 46.9 Å². The Morgan fingerprint density at radius 3 is 2.46 bits per heavy atom. The number of rotatable bonds is 3. The van der Waals surface area contributed by atoms with E-state index in [1.807, 2.05) is 71.0 Å². The second kappa shape index (κ2) is 5.74. The van der Waals surface area contributed by atoms with E-state index in [0.29, 0.717) is 16.9 Å². The van der Waals surface area contributed by atoms with Crippen LogP contribution in [0.3, 0.4) is 0 Å². The zero-order valence-corrected chi connectivity index (χ0v) is 14.7. The lowest BCUT2D eigenvalue weighted by molar-refractivity contribution is 0.0913. The van der Waals surface area contributed by atoms with Gasteiger partial charge in [-0.05, 0) is 46.2 Å². The van der Waals surface area contributed by atoms with E-state index in [-0.39, 0.29) is 5.91 Å². The van der Waals surface area contributed by atoms with Gasteiger partial charge in [-0.15, -0.1) is 0 Å². The number of hydrogen-bond acceptors (Lipinski definition) is 3. The van der Waals surface area contributed by atoms with E-state index in [1.54, 1.807) is 4.52 Å². The van der Waals surface area contributed by atoms with Crippen LogP contribution >= 0.6 is 0 Å². The van der Waals surface area contributed by atoms with Gasteiger partial charge in [0, 0.05) is 11.4 Å². The molecule has 1 aromatic carbocycles. The predicted molar refractivity (Wildman–Crippen MR) is 94.1 cm³/mol. The van der Waals surface area contributed by atoms with E-state index >= 15 is 0 Å². The van der Waals surface area contributed by atoms with Gasteiger partial charge in [-0.3, -0.25) is 4.79 Å². The van der Waals surface area contributed by atoms with Crippen molar-refractivity contribution in [2.45, 2.75) is 40.2 Å². The first kappa shape index (κ1) is 16.2. The summed E-state index contributed by atoms with van der Waals surface area (Å²) in [6, 6.07) is 11.9. The quantitative estimate of drug-likeness (QED) is 0.805. The summed E-state index contributed by atoms with van der Waals surface area (Å²) in [5.41, 5.74) is 4.21. The van der Waals surface area contributed by atoms with Crippen LogP contribution in [-0.4, -0.2) is 20.5 Å². The molecule has 3 aromatic rings. The Labute approximate surface area is 141 Å². The summed E-state index contributed by atoms with van der Waals surface area (Å²) >= 11 is 0. The monoisotopic (exact) mass is 322 g/mol. The molecule has 1 amide bonds. The van der Waals surface area contributed by atoms with E-state index < -0.39 is 5.54 Å². The number of aromatic nitrogens is 3. The average molecular weight is 322 g/mol. The maximum atomic E-state index is 12.9. The molecule has 24 heavy (non-hydrogen) atoms. The highest BCUT2D eigenvalue weighted by molar-refractivity contribution is 6.01. The van der Waals surface area contributed by atoms with Crippen molar-refractivity contribution in [1.82, 2.24) is 19.9 Å². The zero-order valence-electron chi connectivity index (χ0n) is 14.7. The molecule has 5 heteroatoms. The van der Waals surface area contributed by atoms with Crippen molar-refractivity contribution in [1.29, 1.82) is 0 Å². The molecular formula is C19H22N4O. The number of benzene rings is 1. The molecule has 0 unspecified atom stereocenters. The van der Waals surface area contributed by atoms with E-state index in [0.717, 1.165) is 17.0 Å². The Bertz CT molecular complexity index is 910. The van der Waals surface area contributed by atoms with Gasteiger partial charge in [0.15, 0.2) is 5.65 Å². The van der Waals surface area contributed by atoms with Crippen LogP contribution < -0.4 is 5.32 Å². The molecule has 0 atom stereocenters. The van der Waals surface area contributed by atoms with Gasteiger partial charge in [0.2, 0.25) is 0 Å². The van der Waals surface area contributed by atoms with Gasteiger partial charge in [-0.1, -0.05) is 30.3 Å². The minimum Gasteiger partial charge on any atom is -0.343 e. The van der Waals surface area contributed by atoms with Crippen LogP contribution in [-0.2, 0) is 5.54 Å². The number of carbonyl (C=O) groups is 1. The van der Waals surface area contributed by atoms with Crippen LogP contribution in [0.4, 0.5) is 0 Å². The summed E-state index contributed by atoms with van der Waals surface area (Å²) < 4.78 is 1.73. The minimum absolute atomic E-state index is 0.158. The van der Waals surface area contributed by atoms with E-state index in [2.05, 4.69) is 15.4 Å². The highest BCUT2D eigenvalue weighted by atomic mass is 16.1. The molecule has 2 aromatic heterocycles. The van der Waals surface area contributed by atoms with Gasteiger partial charge in [-0.25, -0.2) is 9.50 Å². The summed E-state index contributed by atoms with van der Waals surface area (Å²) in [5.74, 6) is -0.158. The molecule has 0 bridgehead atoms. The Hall–Kier alpha value is -2.69. The molecule has 0 aliphatic carbocycles. The van der Waals surface area contributed by atoms with Crippen molar-refractivity contribution in [3.05, 3.63) is 64.6 Å². The molecule has 5 nitrogen and oxygen atoms in total. The van der Waals surface area contributed by atoms with Crippen LogP contribution in [0.2, 0.25) is 0 Å². The summed E-state index contributed by atoms with van der Waals surface area (Å²) in [5, 5.41) is 7.59. The van der Waals surface area contributed by atoms with E-state index in [9.17, 15) is 4.79 Å². The van der Waals surface area contributed by atoms with E-state index in [1.165, 1.54) is 0 Å². The fourth-order valence-corrected chi connectivity index (χ4v) is 2.97. The molecule has 0 saturated carbocycles. The van der Waals surface area contributed by atoms with Gasteiger partial charge in [0.05, 0.1) is 11.2 Å². The lowest BCUT2D eigenvalue weighted by Crippen LogP contribution is -2.41. The summed E-state index contributed by atoms with van der Waals surface area (Å²) in [6.07, 6.45) is 0. The number of fused-ring (bicyclic) bond motifs is 1. The fourth-order valence-electron chi connectivity index (χ4n) is 2.97. The largest absolute Gasteiger partial charge is 0.343 e. The van der Waals surface area contributed by atoms with Crippen LogP contribution in [0, 0.1) is 20.8 Å². The first-order valence-corrected chi connectivity index (χ1v) is 8.01. The predicted octanol–water partition coefficient (Wildman–Crippen LogP) is 3.32. The topological polar surface area (TPSA) is 59.3 Å². The van der Waals surface area contributed by atoms with Crippen molar-refractivity contribution >= 4 is 11.6 Å². The molecule has 0 aliphatic heterocycles. The number of hydrogen-bond donors (Lipinski definition) is 1. The second-order valence-corrected chi connectivity index (χ2v) is 6.68. The molecule has 3 rings (SSSR count). The molecular weight excluding hydrogens is 300 g/mol. The van der Waals surface area contributed by atoms with Crippen molar-refractivity contribution in [2.24, 2.45) is 0 Å². The molecule has 0 fully saturated rings.